The van der Waals surface area contributed by atoms with Crippen LogP contribution in [0.15, 0.2) is 28.9 Å². The minimum Gasteiger partial charge on any atom is -0.504 e. The quantitative estimate of drug-likeness (QED) is 0.581. The monoisotopic (exact) mass is 355 g/mol. The van der Waals surface area contributed by atoms with Crippen LogP contribution in [0.2, 0.25) is 0 Å². The fourth-order valence-corrected chi connectivity index (χ4v) is 2.87. The number of aromatic nitrogens is 4. The molecule has 0 aliphatic carbocycles. The first-order valence-corrected chi connectivity index (χ1v) is 7.91. The van der Waals surface area contributed by atoms with Crippen LogP contribution in [0.25, 0.3) is 22.3 Å². The molecule has 9 heteroatoms. The second kappa shape index (κ2) is 5.80. The molecule has 0 atom stereocenters. The van der Waals surface area contributed by atoms with Crippen molar-refractivity contribution in [2.45, 2.75) is 13.5 Å². The highest BCUT2D eigenvalue weighted by molar-refractivity contribution is 5.91. The molecular weight excluding hydrogens is 338 g/mol. The Hall–Kier alpha value is -3.49. The summed E-state index contributed by atoms with van der Waals surface area (Å²) in [5.41, 5.74) is 2.94. The lowest BCUT2D eigenvalue weighted by Crippen LogP contribution is -2.18. The molecule has 3 aromatic heterocycles. The van der Waals surface area contributed by atoms with Crippen molar-refractivity contribution < 1.29 is 19.1 Å². The molecule has 0 fully saturated rings. The number of amides is 1. The Balaban J connectivity index is 1.57. The summed E-state index contributed by atoms with van der Waals surface area (Å²) in [6.07, 6.45) is 1.51. The van der Waals surface area contributed by atoms with Gasteiger partial charge in [-0.25, -0.2) is 4.98 Å². The number of fused-ring (bicyclic) bond motifs is 2. The number of nitrogens with zero attached hydrogens (tertiary/aromatic N) is 4. The molecule has 134 valence electrons. The first-order chi connectivity index (χ1) is 12.5. The number of benzene rings is 1. The van der Waals surface area contributed by atoms with Crippen LogP contribution < -0.4 is 10.1 Å². The Labute approximate surface area is 147 Å². The van der Waals surface area contributed by atoms with E-state index in [4.69, 9.17) is 9.15 Å². The second-order valence-corrected chi connectivity index (χ2v) is 5.94. The molecule has 1 amide bonds. The van der Waals surface area contributed by atoms with Gasteiger partial charge in [0.05, 0.1) is 19.1 Å². The zero-order chi connectivity index (χ0) is 18.4. The van der Waals surface area contributed by atoms with Gasteiger partial charge < -0.3 is 23.4 Å². The highest BCUT2D eigenvalue weighted by Crippen LogP contribution is 2.30. The number of methoxy groups -OCH3 is 1. The molecule has 4 aromatic rings. The van der Waals surface area contributed by atoms with E-state index in [1.54, 1.807) is 48.4 Å². The number of imidazole rings is 1. The van der Waals surface area contributed by atoms with Gasteiger partial charge in [-0.1, -0.05) is 0 Å². The number of carbonyl (C=O) groups excluding carboxylic acids is 1. The Kier molecular flexibility index (Phi) is 3.57. The summed E-state index contributed by atoms with van der Waals surface area (Å²) in [6, 6.07) is 5.31. The third-order valence-electron chi connectivity index (χ3n) is 4.36. The number of carbonyl (C=O) groups is 1. The maximum Gasteiger partial charge on any atom is 0.302 e. The molecule has 26 heavy (non-hydrogen) atoms. The normalized spacial score (nSPS) is 11.3. The molecule has 0 unspecified atom stereocenters. The highest BCUT2D eigenvalue weighted by Gasteiger charge is 2.18. The van der Waals surface area contributed by atoms with Gasteiger partial charge in [-0.3, -0.25) is 10.1 Å². The molecule has 0 saturated carbocycles. The molecule has 0 saturated heterocycles. The van der Waals surface area contributed by atoms with E-state index in [0.717, 1.165) is 0 Å². The number of rotatable bonds is 4. The summed E-state index contributed by atoms with van der Waals surface area (Å²) >= 11 is 0. The average Bonchev–Trinajstić information content (AvgIpc) is 3.27. The Bertz CT molecular complexity index is 1140. The number of hydrogen-bond acceptors (Lipinski definition) is 6. The van der Waals surface area contributed by atoms with Crippen molar-refractivity contribution in [1.82, 2.24) is 19.1 Å². The van der Waals surface area contributed by atoms with E-state index in [0.29, 0.717) is 33.7 Å². The number of ether oxygens (including phenoxy) is 1. The molecule has 0 bridgehead atoms. The zero-order valence-corrected chi connectivity index (χ0v) is 14.5. The van der Waals surface area contributed by atoms with E-state index < -0.39 is 0 Å². The number of anilines is 1. The SMILES string of the molecule is COc1ccc2nc(NC(=O)Cn3cnc4c3c(O)c(C)n4C)oc2c1. The van der Waals surface area contributed by atoms with Gasteiger partial charge in [-0.05, 0) is 19.1 Å². The van der Waals surface area contributed by atoms with E-state index in [1.807, 2.05) is 0 Å². The zero-order valence-electron chi connectivity index (χ0n) is 14.5. The van der Waals surface area contributed by atoms with Gasteiger partial charge in [0.1, 0.15) is 23.3 Å². The summed E-state index contributed by atoms with van der Waals surface area (Å²) in [6.45, 7) is 1.75. The van der Waals surface area contributed by atoms with Crippen LogP contribution in [0.3, 0.4) is 0 Å². The summed E-state index contributed by atoms with van der Waals surface area (Å²) in [7, 11) is 3.37. The first-order valence-electron chi connectivity index (χ1n) is 7.91. The number of aromatic hydroxyl groups is 1. The largest absolute Gasteiger partial charge is 0.504 e. The predicted molar refractivity (Wildman–Crippen MR) is 94.3 cm³/mol. The molecule has 0 radical (unpaired) electrons. The standard InChI is InChI=1S/C17H17N5O4/c1-9-15(24)14-16(21(9)2)18-8-22(14)7-13(23)20-17-19-11-5-4-10(25-3)6-12(11)26-17/h4-6,8,24H,7H2,1-3H3,(H,19,20,23). The smallest absolute Gasteiger partial charge is 0.302 e. The summed E-state index contributed by atoms with van der Waals surface area (Å²) in [4.78, 5) is 20.8. The van der Waals surface area contributed by atoms with Crippen LogP contribution in [0.5, 0.6) is 11.5 Å². The lowest BCUT2D eigenvalue weighted by atomic mass is 10.3. The lowest BCUT2D eigenvalue weighted by molar-refractivity contribution is -0.116. The molecule has 0 aliphatic heterocycles. The van der Waals surface area contributed by atoms with Gasteiger partial charge in [0.2, 0.25) is 5.91 Å². The van der Waals surface area contributed by atoms with E-state index in [9.17, 15) is 9.90 Å². The molecule has 0 aliphatic rings. The van der Waals surface area contributed by atoms with Crippen molar-refractivity contribution in [1.29, 1.82) is 0 Å². The molecular formula is C17H17N5O4. The van der Waals surface area contributed by atoms with Gasteiger partial charge in [-0.15, -0.1) is 0 Å². The van der Waals surface area contributed by atoms with Crippen molar-refractivity contribution in [3.8, 4) is 11.5 Å². The van der Waals surface area contributed by atoms with Crippen LogP contribution in [-0.4, -0.2) is 37.2 Å². The molecule has 0 spiro atoms. The van der Waals surface area contributed by atoms with Crippen LogP contribution >= 0.6 is 0 Å². The van der Waals surface area contributed by atoms with Crippen LogP contribution in [-0.2, 0) is 18.4 Å². The van der Waals surface area contributed by atoms with Crippen LogP contribution in [0.4, 0.5) is 6.01 Å². The minimum atomic E-state index is -0.344. The van der Waals surface area contributed by atoms with Gasteiger partial charge in [-0.2, -0.15) is 4.98 Å². The molecule has 2 N–H and O–H groups in total. The lowest BCUT2D eigenvalue weighted by Gasteiger charge is -2.03. The fourth-order valence-electron chi connectivity index (χ4n) is 2.87. The van der Waals surface area contributed by atoms with Crippen molar-refractivity contribution >= 4 is 34.2 Å². The maximum absolute atomic E-state index is 12.4. The van der Waals surface area contributed by atoms with Crippen molar-refractivity contribution in [2.75, 3.05) is 12.4 Å². The minimum absolute atomic E-state index is 0.0322. The van der Waals surface area contributed by atoms with Gasteiger partial charge in [0.25, 0.3) is 0 Å². The van der Waals surface area contributed by atoms with Crippen molar-refractivity contribution in [2.24, 2.45) is 7.05 Å². The van der Waals surface area contributed by atoms with E-state index in [2.05, 4.69) is 15.3 Å². The van der Waals surface area contributed by atoms with Gasteiger partial charge in [0, 0.05) is 13.1 Å². The van der Waals surface area contributed by atoms with E-state index >= 15 is 0 Å². The Morgan fingerprint density at radius 3 is 3.00 bits per heavy atom. The predicted octanol–water partition coefficient (Wildman–Crippen LogP) is 2.18. The van der Waals surface area contributed by atoms with Crippen molar-refractivity contribution in [3.05, 3.63) is 30.2 Å². The summed E-state index contributed by atoms with van der Waals surface area (Å²) < 4.78 is 14.0. The van der Waals surface area contributed by atoms with Gasteiger partial charge in [0.15, 0.2) is 17.0 Å². The number of hydrogen-bond donors (Lipinski definition) is 2. The van der Waals surface area contributed by atoms with Crippen LogP contribution in [0, 0.1) is 6.92 Å². The molecule has 9 nitrogen and oxygen atoms in total. The number of nitrogens with one attached hydrogen (secondary N) is 1. The van der Waals surface area contributed by atoms with Gasteiger partial charge >= 0.3 is 6.01 Å². The number of oxazole rings is 1. The fraction of sp³-hybridized carbons (Fsp3) is 0.235. The second-order valence-electron chi connectivity index (χ2n) is 5.94. The van der Waals surface area contributed by atoms with Crippen LogP contribution in [0.1, 0.15) is 5.69 Å². The third-order valence-corrected chi connectivity index (χ3v) is 4.36. The average molecular weight is 355 g/mol. The summed E-state index contributed by atoms with van der Waals surface area (Å²) in [5, 5.41) is 12.9. The molecule has 3 heterocycles. The summed E-state index contributed by atoms with van der Waals surface area (Å²) in [5.74, 6) is 0.410. The third kappa shape index (κ3) is 2.44. The highest BCUT2D eigenvalue weighted by atomic mass is 16.5. The Morgan fingerprint density at radius 1 is 1.42 bits per heavy atom. The van der Waals surface area contributed by atoms with E-state index in [-0.39, 0.29) is 24.2 Å². The first kappa shape index (κ1) is 16.0. The van der Waals surface area contributed by atoms with E-state index in [1.165, 1.54) is 6.33 Å². The Morgan fingerprint density at radius 2 is 2.23 bits per heavy atom. The maximum atomic E-state index is 12.4. The molecule has 1 aromatic carbocycles. The topological polar surface area (TPSA) is 107 Å². The molecule has 4 rings (SSSR count). The van der Waals surface area contributed by atoms with Crippen molar-refractivity contribution in [3.63, 3.8) is 0 Å². The number of aryl methyl sites for hydroxylation is 1.